The number of nitrogens with one attached hydrogen (secondary N) is 1. The van der Waals surface area contributed by atoms with Crippen LogP contribution >= 0.6 is 0 Å². The fourth-order valence-electron chi connectivity index (χ4n) is 4.99. The van der Waals surface area contributed by atoms with E-state index < -0.39 is 0 Å². The molecule has 0 unspecified atom stereocenters. The van der Waals surface area contributed by atoms with Gasteiger partial charge >= 0.3 is 0 Å². The number of carbonyl (C=O) groups is 1. The van der Waals surface area contributed by atoms with Gasteiger partial charge in [-0.1, -0.05) is 55.5 Å². The Morgan fingerprint density at radius 3 is 2.67 bits per heavy atom. The fraction of sp³-hybridized carbons (Fsp3) is 0.333. The van der Waals surface area contributed by atoms with Gasteiger partial charge in [0, 0.05) is 57.1 Å². The van der Waals surface area contributed by atoms with Gasteiger partial charge in [-0.15, -0.1) is 0 Å². The van der Waals surface area contributed by atoms with Crippen molar-refractivity contribution in [2.45, 2.75) is 39.4 Å². The summed E-state index contributed by atoms with van der Waals surface area (Å²) in [5.41, 5.74) is 6.21. The zero-order valence-electron chi connectivity index (χ0n) is 21.1. The lowest BCUT2D eigenvalue weighted by Gasteiger charge is -2.28. The lowest BCUT2D eigenvalue weighted by molar-refractivity contribution is 0.0720. The van der Waals surface area contributed by atoms with Crippen LogP contribution < -0.4 is 5.32 Å². The molecule has 1 N–H and O–H groups in total. The number of imidazole rings is 1. The van der Waals surface area contributed by atoms with Gasteiger partial charge in [0.25, 0.3) is 5.91 Å². The molecular formula is C30H35N5O. The van der Waals surface area contributed by atoms with Crippen molar-refractivity contribution in [3.8, 4) is 0 Å². The van der Waals surface area contributed by atoms with Crippen LogP contribution in [0.1, 0.15) is 41.3 Å². The number of hydrogen-bond acceptors (Lipinski definition) is 4. The number of nitrogens with zero attached hydrogens (tertiary/aromatic N) is 4. The van der Waals surface area contributed by atoms with Crippen molar-refractivity contribution in [1.82, 2.24) is 19.4 Å². The summed E-state index contributed by atoms with van der Waals surface area (Å²) in [5.74, 6) is 0.0515. The van der Waals surface area contributed by atoms with Crippen molar-refractivity contribution in [1.29, 1.82) is 0 Å². The van der Waals surface area contributed by atoms with Crippen LogP contribution in [-0.2, 0) is 19.6 Å². The third kappa shape index (κ3) is 5.60. The lowest BCUT2D eigenvalue weighted by Crippen LogP contribution is -2.38. The van der Waals surface area contributed by atoms with Crippen molar-refractivity contribution in [3.63, 3.8) is 0 Å². The average molecular weight is 482 g/mol. The van der Waals surface area contributed by atoms with E-state index >= 15 is 0 Å². The van der Waals surface area contributed by atoms with Crippen molar-refractivity contribution in [2.75, 3.05) is 31.5 Å². The largest absolute Gasteiger partial charge is 0.385 e. The minimum Gasteiger partial charge on any atom is -0.385 e. The van der Waals surface area contributed by atoms with Gasteiger partial charge < -0.3 is 14.8 Å². The molecule has 0 fully saturated rings. The number of para-hydroxylation sites is 1. The van der Waals surface area contributed by atoms with Crippen LogP contribution in [-0.4, -0.2) is 51.4 Å². The van der Waals surface area contributed by atoms with Gasteiger partial charge in [0.05, 0.1) is 17.4 Å². The van der Waals surface area contributed by atoms with Crippen LogP contribution in [0.2, 0.25) is 0 Å². The van der Waals surface area contributed by atoms with Crippen LogP contribution in [0.5, 0.6) is 0 Å². The number of carbonyl (C=O) groups excluding carboxylic acids is 1. The summed E-state index contributed by atoms with van der Waals surface area (Å²) in [7, 11) is 0. The predicted octanol–water partition coefficient (Wildman–Crippen LogP) is 5.41. The van der Waals surface area contributed by atoms with Crippen molar-refractivity contribution in [3.05, 3.63) is 95.8 Å². The van der Waals surface area contributed by atoms with E-state index in [9.17, 15) is 4.79 Å². The van der Waals surface area contributed by atoms with Crippen LogP contribution in [0.25, 0.3) is 11.0 Å². The van der Waals surface area contributed by atoms with Gasteiger partial charge in [0.2, 0.25) is 0 Å². The second kappa shape index (κ2) is 11.4. The molecule has 0 radical (unpaired) electrons. The number of amides is 1. The number of aryl methyl sites for hydroxylation is 1. The highest BCUT2D eigenvalue weighted by atomic mass is 16.2. The van der Waals surface area contributed by atoms with Gasteiger partial charge in [-0.2, -0.15) is 0 Å². The maximum atomic E-state index is 13.9. The summed E-state index contributed by atoms with van der Waals surface area (Å²) in [6.45, 7) is 7.93. The summed E-state index contributed by atoms with van der Waals surface area (Å²) >= 11 is 0. The topological polar surface area (TPSA) is 53.4 Å². The van der Waals surface area contributed by atoms with Gasteiger partial charge in [0.15, 0.2) is 0 Å². The number of hydrogen-bond donors (Lipinski definition) is 1. The Hall–Kier alpha value is -3.64. The van der Waals surface area contributed by atoms with Gasteiger partial charge in [-0.3, -0.25) is 9.69 Å². The number of benzene rings is 3. The SMILES string of the molecule is CCCn1cnc2cc(C(=O)N3CCN(Cc4ccccc4)CCCNc4ccccc4C3)ccc21. The molecule has 0 saturated carbocycles. The van der Waals surface area contributed by atoms with Crippen LogP contribution in [0.3, 0.4) is 0 Å². The Bertz CT molecular complexity index is 1300. The molecular weight excluding hydrogens is 446 g/mol. The molecule has 6 nitrogen and oxygen atoms in total. The third-order valence-corrected chi connectivity index (χ3v) is 6.90. The molecule has 1 aromatic heterocycles. The monoisotopic (exact) mass is 481 g/mol. The average Bonchev–Trinajstić information content (AvgIpc) is 3.30. The molecule has 0 spiro atoms. The molecule has 1 aliphatic rings. The summed E-state index contributed by atoms with van der Waals surface area (Å²) in [6, 6.07) is 24.9. The molecule has 1 amide bonds. The highest BCUT2D eigenvalue weighted by molar-refractivity contribution is 5.97. The Kier molecular flexibility index (Phi) is 7.62. The Balaban J connectivity index is 1.41. The van der Waals surface area contributed by atoms with Crippen LogP contribution in [0.4, 0.5) is 5.69 Å². The standard InChI is InChI=1S/C30H35N5O/c1-2-16-35-23-32-28-20-25(13-14-29(28)35)30(36)34-19-18-33(21-24-9-4-3-5-10-24)17-8-15-31-27-12-7-6-11-26(27)22-34/h3-7,9-14,20,23,31H,2,8,15-19,21-22H2,1H3. The van der Waals surface area contributed by atoms with Crippen molar-refractivity contribution >= 4 is 22.6 Å². The molecule has 1 aliphatic heterocycles. The minimum absolute atomic E-state index is 0.0515. The molecule has 0 aliphatic carbocycles. The molecule has 3 aromatic carbocycles. The first-order valence-corrected chi connectivity index (χ1v) is 13.0. The number of anilines is 1. The Labute approximate surface area is 213 Å². The first-order valence-electron chi connectivity index (χ1n) is 13.0. The molecule has 0 bridgehead atoms. The molecule has 5 rings (SSSR count). The van der Waals surface area contributed by atoms with E-state index in [0.29, 0.717) is 18.7 Å². The van der Waals surface area contributed by atoms with Crippen molar-refractivity contribution in [2.24, 2.45) is 0 Å². The normalized spacial score (nSPS) is 15.2. The van der Waals surface area contributed by atoms with E-state index in [1.54, 1.807) is 0 Å². The number of aromatic nitrogens is 2. The smallest absolute Gasteiger partial charge is 0.254 e. The maximum Gasteiger partial charge on any atom is 0.254 e. The molecule has 4 aromatic rings. The Morgan fingerprint density at radius 1 is 0.972 bits per heavy atom. The van der Waals surface area contributed by atoms with Crippen LogP contribution in [0.15, 0.2) is 79.1 Å². The van der Waals surface area contributed by atoms with Gasteiger partial charge in [-0.05, 0) is 48.2 Å². The third-order valence-electron chi connectivity index (χ3n) is 6.90. The van der Waals surface area contributed by atoms with E-state index in [1.807, 2.05) is 29.4 Å². The second-order valence-corrected chi connectivity index (χ2v) is 9.57. The minimum atomic E-state index is 0.0515. The zero-order chi connectivity index (χ0) is 24.7. The maximum absolute atomic E-state index is 13.9. The second-order valence-electron chi connectivity index (χ2n) is 9.57. The van der Waals surface area contributed by atoms with E-state index in [0.717, 1.165) is 67.8 Å². The molecule has 0 atom stereocenters. The molecule has 0 saturated heterocycles. The zero-order valence-corrected chi connectivity index (χ0v) is 21.1. The summed E-state index contributed by atoms with van der Waals surface area (Å²) in [6.07, 6.45) is 3.97. The first-order chi connectivity index (χ1) is 17.7. The number of rotatable bonds is 5. The van der Waals surface area contributed by atoms with E-state index in [1.165, 1.54) is 5.56 Å². The summed E-state index contributed by atoms with van der Waals surface area (Å²) in [4.78, 5) is 22.9. The highest BCUT2D eigenvalue weighted by Gasteiger charge is 2.21. The highest BCUT2D eigenvalue weighted by Crippen LogP contribution is 2.22. The van der Waals surface area contributed by atoms with E-state index in [-0.39, 0.29) is 5.91 Å². The Morgan fingerprint density at radius 2 is 1.81 bits per heavy atom. The van der Waals surface area contributed by atoms with E-state index in [2.05, 4.69) is 81.3 Å². The number of fused-ring (bicyclic) bond motifs is 2. The molecule has 2 heterocycles. The first kappa shape index (κ1) is 24.1. The van der Waals surface area contributed by atoms with E-state index in [4.69, 9.17) is 0 Å². The van der Waals surface area contributed by atoms with Crippen molar-refractivity contribution < 1.29 is 4.79 Å². The van der Waals surface area contributed by atoms with Crippen LogP contribution in [0, 0.1) is 0 Å². The van der Waals surface area contributed by atoms with Gasteiger partial charge in [-0.25, -0.2) is 4.98 Å². The lowest BCUT2D eigenvalue weighted by atomic mass is 10.1. The predicted molar refractivity (Wildman–Crippen MR) is 146 cm³/mol. The summed E-state index contributed by atoms with van der Waals surface area (Å²) in [5, 5.41) is 3.61. The fourth-order valence-corrected chi connectivity index (χ4v) is 4.99. The molecule has 6 heteroatoms. The molecule has 186 valence electrons. The van der Waals surface area contributed by atoms with Gasteiger partial charge in [0.1, 0.15) is 0 Å². The summed E-state index contributed by atoms with van der Waals surface area (Å²) < 4.78 is 2.15. The molecule has 36 heavy (non-hydrogen) atoms. The quantitative estimate of drug-likeness (QED) is 0.414.